The Bertz CT molecular complexity index is 463. The van der Waals surface area contributed by atoms with Crippen LogP contribution in [-0.4, -0.2) is 29.7 Å². The van der Waals surface area contributed by atoms with E-state index in [-0.39, 0.29) is 6.09 Å². The van der Waals surface area contributed by atoms with Gasteiger partial charge in [-0.15, -0.1) is 11.3 Å². The zero-order valence-electron chi connectivity index (χ0n) is 12.1. The molecule has 0 aliphatic carbocycles. The van der Waals surface area contributed by atoms with Crippen LogP contribution in [0.2, 0.25) is 0 Å². The van der Waals surface area contributed by atoms with E-state index < -0.39 is 5.60 Å². The van der Waals surface area contributed by atoms with Crippen LogP contribution < -0.4 is 5.32 Å². The molecule has 0 spiro atoms. The molecule has 1 N–H and O–H groups in total. The molecule has 5 heteroatoms. The summed E-state index contributed by atoms with van der Waals surface area (Å²) in [6.45, 7) is 10.9. The third-order valence-electron chi connectivity index (χ3n) is 3.11. The van der Waals surface area contributed by atoms with Crippen LogP contribution in [-0.2, 0) is 17.7 Å². The van der Waals surface area contributed by atoms with E-state index in [0.29, 0.717) is 0 Å². The fourth-order valence-electron chi connectivity index (χ4n) is 2.17. The summed E-state index contributed by atoms with van der Waals surface area (Å²) >= 11 is 1.72. The van der Waals surface area contributed by atoms with Crippen LogP contribution in [0.25, 0.3) is 0 Å². The highest BCUT2D eigenvalue weighted by atomic mass is 32.1. The van der Waals surface area contributed by atoms with Gasteiger partial charge >= 0.3 is 6.09 Å². The van der Waals surface area contributed by atoms with Crippen molar-refractivity contribution in [2.24, 2.45) is 0 Å². The van der Waals surface area contributed by atoms with Gasteiger partial charge in [0, 0.05) is 23.3 Å². The van der Waals surface area contributed by atoms with E-state index >= 15 is 0 Å². The maximum atomic E-state index is 11.8. The van der Waals surface area contributed by atoms with Gasteiger partial charge in [0.25, 0.3) is 0 Å². The van der Waals surface area contributed by atoms with Gasteiger partial charge in [0.1, 0.15) is 5.60 Å². The van der Waals surface area contributed by atoms with Crippen molar-refractivity contribution in [3.05, 3.63) is 15.8 Å². The zero-order chi connectivity index (χ0) is 14.0. The molecular weight excluding hydrogens is 260 g/mol. The van der Waals surface area contributed by atoms with Crippen LogP contribution in [0.1, 0.15) is 38.1 Å². The minimum atomic E-state index is -0.459. The minimum absolute atomic E-state index is 0.369. The number of hydrogen-bond donors (Lipinski definition) is 1. The molecule has 0 unspecified atom stereocenters. The molecule has 0 saturated carbocycles. The first-order chi connectivity index (χ1) is 8.89. The minimum Gasteiger partial charge on any atom is -0.444 e. The third-order valence-corrected chi connectivity index (χ3v) is 4.12. The van der Waals surface area contributed by atoms with Crippen molar-refractivity contribution in [3.8, 4) is 0 Å². The van der Waals surface area contributed by atoms with Crippen molar-refractivity contribution < 1.29 is 9.53 Å². The maximum Gasteiger partial charge on any atom is 0.412 e. The second-order valence-corrected chi connectivity index (χ2v) is 6.76. The lowest BCUT2D eigenvalue weighted by Crippen LogP contribution is -2.30. The Balaban J connectivity index is 2.03. The molecule has 2 heterocycles. The first-order valence-corrected chi connectivity index (χ1v) is 7.58. The van der Waals surface area contributed by atoms with Gasteiger partial charge in [0.2, 0.25) is 0 Å². The van der Waals surface area contributed by atoms with E-state index in [1.165, 1.54) is 10.4 Å². The van der Waals surface area contributed by atoms with Crippen LogP contribution in [0.3, 0.4) is 0 Å². The molecule has 0 saturated heterocycles. The fourth-order valence-corrected chi connectivity index (χ4v) is 3.24. The number of carbonyl (C=O) groups is 1. The average molecular weight is 282 g/mol. The number of amides is 1. The second kappa shape index (κ2) is 5.51. The monoisotopic (exact) mass is 282 g/mol. The molecule has 0 bridgehead atoms. The summed E-state index contributed by atoms with van der Waals surface area (Å²) in [5.74, 6) is 0. The lowest BCUT2D eigenvalue weighted by molar-refractivity contribution is 0.0636. The van der Waals surface area contributed by atoms with Crippen molar-refractivity contribution in [1.82, 2.24) is 4.90 Å². The molecule has 1 aromatic heterocycles. The standard InChI is InChI=1S/C14H22N2O2S/c1-5-16-7-6-10-11(9-19-12(10)8-16)15-13(17)18-14(2,3)4/h9H,5-8H2,1-4H3,(H,15,17). The largest absolute Gasteiger partial charge is 0.444 e. The van der Waals surface area contributed by atoms with Gasteiger partial charge in [-0.2, -0.15) is 0 Å². The van der Waals surface area contributed by atoms with Crippen LogP contribution in [0, 0.1) is 0 Å². The van der Waals surface area contributed by atoms with E-state index in [1.807, 2.05) is 26.2 Å². The number of nitrogens with zero attached hydrogens (tertiary/aromatic N) is 1. The van der Waals surface area contributed by atoms with Crippen molar-refractivity contribution in [2.75, 3.05) is 18.4 Å². The summed E-state index contributed by atoms with van der Waals surface area (Å²) in [6, 6.07) is 0. The van der Waals surface area contributed by atoms with Crippen molar-refractivity contribution in [2.45, 2.75) is 46.3 Å². The normalized spacial score (nSPS) is 16.0. The van der Waals surface area contributed by atoms with Gasteiger partial charge < -0.3 is 4.74 Å². The molecule has 1 aromatic rings. The van der Waals surface area contributed by atoms with E-state index in [4.69, 9.17) is 4.74 Å². The molecule has 0 atom stereocenters. The quantitative estimate of drug-likeness (QED) is 0.903. The molecular formula is C14H22N2O2S. The summed E-state index contributed by atoms with van der Waals surface area (Å²) in [4.78, 5) is 15.6. The Morgan fingerprint density at radius 3 is 2.89 bits per heavy atom. The molecule has 1 amide bonds. The summed E-state index contributed by atoms with van der Waals surface area (Å²) in [5, 5.41) is 4.89. The Morgan fingerprint density at radius 2 is 2.26 bits per heavy atom. The number of hydrogen-bond acceptors (Lipinski definition) is 4. The zero-order valence-corrected chi connectivity index (χ0v) is 12.9. The number of fused-ring (bicyclic) bond motifs is 1. The number of carbonyl (C=O) groups excluding carboxylic acids is 1. The number of rotatable bonds is 2. The van der Waals surface area contributed by atoms with Gasteiger partial charge in [-0.05, 0) is 39.3 Å². The molecule has 19 heavy (non-hydrogen) atoms. The number of anilines is 1. The van der Waals surface area contributed by atoms with Gasteiger partial charge in [-0.1, -0.05) is 6.92 Å². The first-order valence-electron chi connectivity index (χ1n) is 6.70. The maximum absolute atomic E-state index is 11.8. The Labute approximate surface area is 118 Å². The summed E-state index contributed by atoms with van der Waals surface area (Å²) in [5.41, 5.74) is 1.74. The third kappa shape index (κ3) is 3.70. The van der Waals surface area contributed by atoms with Gasteiger partial charge in [-0.3, -0.25) is 10.2 Å². The van der Waals surface area contributed by atoms with Crippen molar-refractivity contribution >= 4 is 23.1 Å². The lowest BCUT2D eigenvalue weighted by Gasteiger charge is -2.26. The number of ether oxygens (including phenoxy) is 1. The predicted octanol–water partition coefficient (Wildman–Crippen LogP) is 3.47. The fraction of sp³-hybridized carbons (Fsp3) is 0.643. The molecule has 0 aromatic carbocycles. The van der Waals surface area contributed by atoms with E-state index in [9.17, 15) is 4.79 Å². The Kier molecular flexibility index (Phi) is 4.16. The van der Waals surface area contributed by atoms with Gasteiger partial charge in [0.05, 0.1) is 5.69 Å². The summed E-state index contributed by atoms with van der Waals surface area (Å²) in [7, 11) is 0. The molecule has 1 aliphatic rings. The Hall–Kier alpha value is -1.07. The van der Waals surface area contributed by atoms with Gasteiger partial charge in [-0.25, -0.2) is 4.79 Å². The molecule has 106 valence electrons. The average Bonchev–Trinajstić information content (AvgIpc) is 2.69. The van der Waals surface area contributed by atoms with E-state index in [1.54, 1.807) is 11.3 Å². The number of thiophene rings is 1. The van der Waals surface area contributed by atoms with Gasteiger partial charge in [0.15, 0.2) is 0 Å². The molecule has 1 aliphatic heterocycles. The molecule has 4 nitrogen and oxygen atoms in total. The highest BCUT2D eigenvalue weighted by molar-refractivity contribution is 7.10. The Morgan fingerprint density at radius 1 is 1.53 bits per heavy atom. The lowest BCUT2D eigenvalue weighted by atomic mass is 10.1. The van der Waals surface area contributed by atoms with Crippen LogP contribution >= 0.6 is 11.3 Å². The van der Waals surface area contributed by atoms with E-state index in [0.717, 1.165) is 31.7 Å². The predicted molar refractivity (Wildman–Crippen MR) is 78.8 cm³/mol. The van der Waals surface area contributed by atoms with E-state index in [2.05, 4.69) is 17.1 Å². The summed E-state index contributed by atoms with van der Waals surface area (Å²) < 4.78 is 5.29. The topological polar surface area (TPSA) is 41.6 Å². The molecule has 2 rings (SSSR count). The van der Waals surface area contributed by atoms with Crippen LogP contribution in [0.4, 0.5) is 10.5 Å². The smallest absolute Gasteiger partial charge is 0.412 e. The summed E-state index contributed by atoms with van der Waals surface area (Å²) in [6.07, 6.45) is 0.628. The highest BCUT2D eigenvalue weighted by Crippen LogP contribution is 2.32. The van der Waals surface area contributed by atoms with Crippen LogP contribution in [0.15, 0.2) is 5.38 Å². The highest BCUT2D eigenvalue weighted by Gasteiger charge is 2.22. The number of likely N-dealkylation sites (N-methyl/N-ethyl adjacent to an activating group) is 1. The first kappa shape index (κ1) is 14.3. The molecule has 0 fully saturated rings. The SMILES string of the molecule is CCN1CCc2c(NC(=O)OC(C)(C)C)csc2C1. The second-order valence-electron chi connectivity index (χ2n) is 5.80. The van der Waals surface area contributed by atoms with Crippen LogP contribution in [0.5, 0.6) is 0 Å². The van der Waals surface area contributed by atoms with Crippen molar-refractivity contribution in [3.63, 3.8) is 0 Å². The number of nitrogens with one attached hydrogen (secondary N) is 1. The molecule has 0 radical (unpaired) electrons. The van der Waals surface area contributed by atoms with Crippen molar-refractivity contribution in [1.29, 1.82) is 0 Å².